The number of carbonyl (C=O) groups excluding carboxylic acids is 1. The number of aromatic nitrogens is 1. The molecule has 0 atom stereocenters. The molecule has 1 aliphatic carbocycles. The average Bonchev–Trinajstić information content (AvgIpc) is 3.25. The Morgan fingerprint density at radius 2 is 2.05 bits per heavy atom. The molecule has 1 aromatic heterocycles. The summed E-state index contributed by atoms with van der Waals surface area (Å²) in [6, 6.07) is 1.65. The predicted molar refractivity (Wildman–Crippen MR) is 79.8 cm³/mol. The zero-order chi connectivity index (χ0) is 15.7. The Morgan fingerprint density at radius 1 is 1.36 bits per heavy atom. The summed E-state index contributed by atoms with van der Waals surface area (Å²) in [4.78, 5) is 13.9. The summed E-state index contributed by atoms with van der Waals surface area (Å²) in [5.41, 5.74) is 0. The van der Waals surface area contributed by atoms with Crippen LogP contribution in [0.5, 0.6) is 0 Å². The molecule has 1 saturated carbocycles. The minimum atomic E-state index is -3.10. The van der Waals surface area contributed by atoms with Crippen molar-refractivity contribution in [2.75, 3.05) is 38.0 Å². The second kappa shape index (κ2) is 5.98. The molecule has 0 radical (unpaired) electrons. The van der Waals surface area contributed by atoms with E-state index in [1.54, 1.807) is 17.3 Å². The first-order valence-electron chi connectivity index (χ1n) is 7.39. The third-order valence-electron chi connectivity index (χ3n) is 3.90. The summed E-state index contributed by atoms with van der Waals surface area (Å²) in [6.45, 7) is 4.02. The van der Waals surface area contributed by atoms with Crippen molar-refractivity contribution < 1.29 is 17.7 Å². The molecule has 1 aromatic rings. The van der Waals surface area contributed by atoms with Crippen LogP contribution >= 0.6 is 0 Å². The Balaban J connectivity index is 1.46. The lowest BCUT2D eigenvalue weighted by Gasteiger charge is -2.33. The van der Waals surface area contributed by atoms with E-state index in [0.717, 1.165) is 12.8 Å². The maximum Gasteiger partial charge on any atom is 0.239 e. The summed E-state index contributed by atoms with van der Waals surface area (Å²) in [5.74, 6) is 0.860. The molecule has 1 amide bonds. The smallest absolute Gasteiger partial charge is 0.239 e. The zero-order valence-corrected chi connectivity index (χ0v) is 13.3. The van der Waals surface area contributed by atoms with Crippen LogP contribution in [0.1, 0.15) is 18.6 Å². The number of piperazine rings is 1. The normalized spacial score (nSPS) is 21.0. The van der Waals surface area contributed by atoms with Crippen molar-refractivity contribution in [3.05, 3.63) is 11.8 Å². The Kier molecular flexibility index (Phi) is 4.20. The lowest BCUT2D eigenvalue weighted by molar-refractivity contribution is -0.117. The molecule has 0 spiro atoms. The molecule has 3 rings (SSSR count). The first-order valence-corrected chi connectivity index (χ1v) is 8.90. The Morgan fingerprint density at radius 3 is 2.59 bits per heavy atom. The van der Waals surface area contributed by atoms with Gasteiger partial charge in [-0.1, -0.05) is 5.16 Å². The Labute approximate surface area is 129 Å². The van der Waals surface area contributed by atoms with Gasteiger partial charge < -0.3 is 9.84 Å². The van der Waals surface area contributed by atoms with Crippen LogP contribution in [0.4, 0.5) is 5.82 Å². The first kappa shape index (κ1) is 15.4. The molecule has 122 valence electrons. The van der Waals surface area contributed by atoms with E-state index >= 15 is 0 Å². The zero-order valence-electron chi connectivity index (χ0n) is 12.5. The summed E-state index contributed by atoms with van der Waals surface area (Å²) in [5, 5.41) is 6.20. The number of hydrogen-bond donors (Lipinski definition) is 1. The SMILES string of the molecule is Cc1cc(NC(=O)CN2CCN(S(=O)(=O)C3CC3)CC2)no1. The highest BCUT2D eigenvalue weighted by molar-refractivity contribution is 7.90. The quantitative estimate of drug-likeness (QED) is 0.819. The van der Waals surface area contributed by atoms with Crippen LogP contribution in [-0.2, 0) is 14.8 Å². The van der Waals surface area contributed by atoms with E-state index in [-0.39, 0.29) is 17.7 Å². The van der Waals surface area contributed by atoms with E-state index in [0.29, 0.717) is 37.8 Å². The fourth-order valence-corrected chi connectivity index (χ4v) is 4.36. The molecule has 9 heteroatoms. The minimum Gasteiger partial charge on any atom is -0.360 e. The van der Waals surface area contributed by atoms with E-state index in [1.165, 1.54) is 0 Å². The molecule has 0 unspecified atom stereocenters. The number of sulfonamides is 1. The van der Waals surface area contributed by atoms with E-state index in [4.69, 9.17) is 4.52 Å². The molecule has 0 bridgehead atoms. The Hall–Kier alpha value is -1.45. The number of nitrogens with zero attached hydrogens (tertiary/aromatic N) is 3. The Bertz CT molecular complexity index is 645. The van der Waals surface area contributed by atoms with Gasteiger partial charge in [0.2, 0.25) is 15.9 Å². The molecule has 2 heterocycles. The predicted octanol–water partition coefficient (Wildman–Crippen LogP) is 0.0313. The van der Waals surface area contributed by atoms with Crippen LogP contribution in [0, 0.1) is 6.92 Å². The maximum absolute atomic E-state index is 12.1. The number of aryl methyl sites for hydroxylation is 1. The number of anilines is 1. The summed E-state index contributed by atoms with van der Waals surface area (Å²) >= 11 is 0. The number of amides is 1. The van der Waals surface area contributed by atoms with Gasteiger partial charge in [-0.2, -0.15) is 4.31 Å². The third kappa shape index (κ3) is 3.47. The molecule has 8 nitrogen and oxygen atoms in total. The molecule has 2 aliphatic rings. The van der Waals surface area contributed by atoms with Crippen molar-refractivity contribution in [2.45, 2.75) is 25.0 Å². The van der Waals surface area contributed by atoms with E-state index < -0.39 is 10.0 Å². The molecular weight excluding hydrogens is 308 g/mol. The van der Waals surface area contributed by atoms with Gasteiger partial charge in [-0.15, -0.1) is 0 Å². The molecule has 2 fully saturated rings. The minimum absolute atomic E-state index is 0.169. The second-order valence-corrected chi connectivity index (χ2v) is 8.00. The van der Waals surface area contributed by atoms with Crippen molar-refractivity contribution in [2.24, 2.45) is 0 Å². The van der Waals surface area contributed by atoms with Crippen LogP contribution in [0.15, 0.2) is 10.6 Å². The number of carbonyl (C=O) groups is 1. The van der Waals surface area contributed by atoms with E-state index in [2.05, 4.69) is 10.5 Å². The van der Waals surface area contributed by atoms with Gasteiger partial charge in [0.1, 0.15) is 5.76 Å². The van der Waals surface area contributed by atoms with Gasteiger partial charge in [0.05, 0.1) is 11.8 Å². The van der Waals surface area contributed by atoms with Crippen LogP contribution in [-0.4, -0.2) is 66.7 Å². The summed E-state index contributed by atoms with van der Waals surface area (Å²) in [6.07, 6.45) is 1.56. The topological polar surface area (TPSA) is 95.8 Å². The highest BCUT2D eigenvalue weighted by Gasteiger charge is 2.40. The van der Waals surface area contributed by atoms with Gasteiger partial charge in [-0.3, -0.25) is 9.69 Å². The van der Waals surface area contributed by atoms with Crippen LogP contribution in [0.2, 0.25) is 0 Å². The van der Waals surface area contributed by atoms with Crippen LogP contribution < -0.4 is 5.32 Å². The largest absolute Gasteiger partial charge is 0.360 e. The van der Waals surface area contributed by atoms with Crippen LogP contribution in [0.3, 0.4) is 0 Å². The fraction of sp³-hybridized carbons (Fsp3) is 0.692. The monoisotopic (exact) mass is 328 g/mol. The standard InChI is InChI=1S/C13H20N4O4S/c1-10-8-12(15-21-10)14-13(18)9-16-4-6-17(7-5-16)22(19,20)11-2-3-11/h8,11H,2-7,9H2,1H3,(H,14,15,18). The number of rotatable bonds is 5. The molecule has 1 N–H and O–H groups in total. The van der Waals surface area contributed by atoms with Crippen molar-refractivity contribution in [1.29, 1.82) is 0 Å². The summed E-state index contributed by atoms with van der Waals surface area (Å²) in [7, 11) is -3.10. The number of hydrogen-bond acceptors (Lipinski definition) is 6. The lowest BCUT2D eigenvalue weighted by atomic mass is 10.3. The van der Waals surface area contributed by atoms with Gasteiger partial charge in [0.25, 0.3) is 0 Å². The van der Waals surface area contributed by atoms with Gasteiger partial charge in [-0.05, 0) is 19.8 Å². The third-order valence-corrected chi connectivity index (χ3v) is 6.30. The summed E-state index contributed by atoms with van der Waals surface area (Å²) < 4.78 is 30.7. The maximum atomic E-state index is 12.1. The van der Waals surface area contributed by atoms with Crippen LogP contribution in [0.25, 0.3) is 0 Å². The van der Waals surface area contributed by atoms with Crippen molar-refractivity contribution >= 4 is 21.7 Å². The van der Waals surface area contributed by atoms with Crippen molar-refractivity contribution in [3.63, 3.8) is 0 Å². The molecule has 0 aromatic carbocycles. The van der Waals surface area contributed by atoms with E-state index in [1.807, 2.05) is 4.90 Å². The van der Waals surface area contributed by atoms with Gasteiger partial charge in [0, 0.05) is 32.2 Å². The second-order valence-electron chi connectivity index (χ2n) is 5.79. The molecule has 1 aliphatic heterocycles. The fourth-order valence-electron chi connectivity index (χ4n) is 2.53. The van der Waals surface area contributed by atoms with Gasteiger partial charge in [0.15, 0.2) is 5.82 Å². The molecule has 1 saturated heterocycles. The first-order chi connectivity index (χ1) is 10.4. The van der Waals surface area contributed by atoms with Crippen molar-refractivity contribution in [1.82, 2.24) is 14.4 Å². The van der Waals surface area contributed by atoms with Gasteiger partial charge >= 0.3 is 0 Å². The number of nitrogens with one attached hydrogen (secondary N) is 1. The highest BCUT2D eigenvalue weighted by Crippen LogP contribution is 2.31. The lowest BCUT2D eigenvalue weighted by Crippen LogP contribution is -2.51. The molecule has 22 heavy (non-hydrogen) atoms. The highest BCUT2D eigenvalue weighted by atomic mass is 32.2. The van der Waals surface area contributed by atoms with E-state index in [9.17, 15) is 13.2 Å². The van der Waals surface area contributed by atoms with Crippen molar-refractivity contribution in [3.8, 4) is 0 Å². The average molecular weight is 328 g/mol. The van der Waals surface area contributed by atoms with Gasteiger partial charge in [-0.25, -0.2) is 8.42 Å². The molecular formula is C13H20N4O4S.